The lowest BCUT2D eigenvalue weighted by Crippen LogP contribution is -2.18. The number of carbonyl (C=O) groups is 2. The Labute approximate surface area is 133 Å². The van der Waals surface area contributed by atoms with E-state index in [4.69, 9.17) is 0 Å². The minimum atomic E-state index is -0.234. The van der Waals surface area contributed by atoms with Gasteiger partial charge in [0.05, 0.1) is 11.1 Å². The van der Waals surface area contributed by atoms with Crippen LogP contribution in [0.4, 0.5) is 5.69 Å². The van der Waals surface area contributed by atoms with Crippen LogP contribution in [0.25, 0.3) is 10.9 Å². The van der Waals surface area contributed by atoms with Crippen molar-refractivity contribution in [2.24, 2.45) is 0 Å². The third-order valence-corrected chi connectivity index (χ3v) is 3.51. The summed E-state index contributed by atoms with van der Waals surface area (Å²) in [5, 5.41) is 6.29. The number of amides is 2. The third kappa shape index (κ3) is 3.03. The molecule has 3 rings (SSSR count). The van der Waals surface area contributed by atoms with E-state index in [9.17, 15) is 9.59 Å². The lowest BCUT2D eigenvalue weighted by Gasteiger charge is -2.08. The van der Waals surface area contributed by atoms with Crippen LogP contribution in [0.5, 0.6) is 0 Å². The van der Waals surface area contributed by atoms with Gasteiger partial charge in [-0.3, -0.25) is 14.6 Å². The number of carbonyl (C=O) groups excluding carboxylic acids is 2. The van der Waals surface area contributed by atoms with Crippen molar-refractivity contribution in [2.45, 2.75) is 0 Å². The van der Waals surface area contributed by atoms with E-state index in [-0.39, 0.29) is 11.8 Å². The van der Waals surface area contributed by atoms with Crippen molar-refractivity contribution in [3.8, 4) is 0 Å². The SMILES string of the molecule is CNC(=O)c1ccc(NC(=O)c2cccc3cccnc23)cc1. The summed E-state index contributed by atoms with van der Waals surface area (Å²) in [7, 11) is 1.57. The van der Waals surface area contributed by atoms with Crippen LogP contribution in [-0.2, 0) is 0 Å². The number of fused-ring (bicyclic) bond motifs is 1. The van der Waals surface area contributed by atoms with E-state index in [2.05, 4.69) is 15.6 Å². The Morgan fingerprint density at radius 2 is 1.65 bits per heavy atom. The minimum absolute atomic E-state index is 0.166. The Hall–Kier alpha value is -3.21. The van der Waals surface area contributed by atoms with Gasteiger partial charge in [-0.15, -0.1) is 0 Å². The third-order valence-electron chi connectivity index (χ3n) is 3.51. The minimum Gasteiger partial charge on any atom is -0.355 e. The number of hydrogen-bond acceptors (Lipinski definition) is 3. The summed E-state index contributed by atoms with van der Waals surface area (Å²) in [5.74, 6) is -0.400. The second-order valence-electron chi connectivity index (χ2n) is 4.99. The summed E-state index contributed by atoms with van der Waals surface area (Å²) in [4.78, 5) is 28.3. The molecular formula is C18H15N3O2. The average molecular weight is 305 g/mol. The van der Waals surface area contributed by atoms with E-state index in [0.29, 0.717) is 22.3 Å². The molecule has 0 aliphatic heterocycles. The van der Waals surface area contributed by atoms with E-state index >= 15 is 0 Å². The molecule has 5 heteroatoms. The van der Waals surface area contributed by atoms with Gasteiger partial charge in [0.2, 0.25) is 0 Å². The van der Waals surface area contributed by atoms with E-state index in [1.165, 1.54) is 0 Å². The maximum absolute atomic E-state index is 12.5. The summed E-state index contributed by atoms with van der Waals surface area (Å²) in [5.41, 5.74) is 2.33. The number of pyridine rings is 1. The van der Waals surface area contributed by atoms with Crippen molar-refractivity contribution in [1.82, 2.24) is 10.3 Å². The molecule has 5 nitrogen and oxygen atoms in total. The van der Waals surface area contributed by atoms with Crippen LogP contribution in [0.1, 0.15) is 20.7 Å². The summed E-state index contributed by atoms with van der Waals surface area (Å²) >= 11 is 0. The molecule has 2 N–H and O–H groups in total. The van der Waals surface area contributed by atoms with E-state index < -0.39 is 0 Å². The van der Waals surface area contributed by atoms with Crippen molar-refractivity contribution >= 4 is 28.4 Å². The molecule has 1 heterocycles. The fourth-order valence-electron chi connectivity index (χ4n) is 2.34. The normalized spacial score (nSPS) is 10.3. The first-order valence-electron chi connectivity index (χ1n) is 7.16. The molecule has 0 fully saturated rings. The van der Waals surface area contributed by atoms with Crippen LogP contribution >= 0.6 is 0 Å². The second-order valence-corrected chi connectivity index (χ2v) is 4.99. The molecule has 23 heavy (non-hydrogen) atoms. The number of hydrogen-bond donors (Lipinski definition) is 2. The van der Waals surface area contributed by atoms with E-state index in [1.54, 1.807) is 43.6 Å². The number of benzene rings is 2. The average Bonchev–Trinajstić information content (AvgIpc) is 2.61. The smallest absolute Gasteiger partial charge is 0.257 e. The highest BCUT2D eigenvalue weighted by Gasteiger charge is 2.11. The van der Waals surface area contributed by atoms with Crippen LogP contribution in [-0.4, -0.2) is 23.8 Å². The summed E-state index contributed by atoms with van der Waals surface area (Å²) in [6.45, 7) is 0. The van der Waals surface area contributed by atoms with Gasteiger partial charge in [-0.05, 0) is 36.4 Å². The molecule has 114 valence electrons. The number of nitrogens with one attached hydrogen (secondary N) is 2. The molecule has 0 spiro atoms. The number of para-hydroxylation sites is 1. The van der Waals surface area contributed by atoms with E-state index in [1.807, 2.05) is 24.3 Å². The molecule has 0 saturated carbocycles. The molecule has 0 radical (unpaired) electrons. The van der Waals surface area contributed by atoms with Gasteiger partial charge in [0.1, 0.15) is 0 Å². The van der Waals surface area contributed by atoms with E-state index in [0.717, 1.165) is 5.39 Å². The highest BCUT2D eigenvalue weighted by atomic mass is 16.2. The zero-order valence-electron chi connectivity index (χ0n) is 12.5. The topological polar surface area (TPSA) is 71.1 Å². The van der Waals surface area contributed by atoms with Crippen LogP contribution in [0.15, 0.2) is 60.8 Å². The maximum atomic E-state index is 12.5. The van der Waals surface area contributed by atoms with Gasteiger partial charge in [0.15, 0.2) is 0 Å². The van der Waals surface area contributed by atoms with Crippen molar-refractivity contribution in [1.29, 1.82) is 0 Å². The van der Waals surface area contributed by atoms with Crippen molar-refractivity contribution < 1.29 is 9.59 Å². The Morgan fingerprint density at radius 3 is 2.39 bits per heavy atom. The molecule has 2 aromatic carbocycles. The van der Waals surface area contributed by atoms with Gasteiger partial charge in [0.25, 0.3) is 11.8 Å². The first-order chi connectivity index (χ1) is 11.2. The molecule has 1 aromatic heterocycles. The van der Waals surface area contributed by atoms with Gasteiger partial charge in [0, 0.05) is 29.9 Å². The molecule has 3 aromatic rings. The summed E-state index contributed by atoms with van der Waals surface area (Å²) in [6, 6.07) is 15.9. The Bertz CT molecular complexity index is 868. The van der Waals surface area contributed by atoms with Crippen molar-refractivity contribution in [3.05, 3.63) is 71.9 Å². The number of anilines is 1. The molecular weight excluding hydrogens is 290 g/mol. The molecule has 0 aliphatic carbocycles. The number of nitrogens with zero attached hydrogens (tertiary/aromatic N) is 1. The number of aromatic nitrogens is 1. The molecule has 0 saturated heterocycles. The molecule has 0 atom stereocenters. The molecule has 0 bridgehead atoms. The van der Waals surface area contributed by atoms with Crippen LogP contribution < -0.4 is 10.6 Å². The molecule has 0 aliphatic rings. The van der Waals surface area contributed by atoms with Crippen molar-refractivity contribution in [2.75, 3.05) is 12.4 Å². The quantitative estimate of drug-likeness (QED) is 0.781. The fraction of sp³-hybridized carbons (Fsp3) is 0.0556. The monoisotopic (exact) mass is 305 g/mol. The highest BCUT2D eigenvalue weighted by Crippen LogP contribution is 2.18. The lowest BCUT2D eigenvalue weighted by molar-refractivity contribution is 0.0962. The zero-order valence-corrected chi connectivity index (χ0v) is 12.5. The largest absolute Gasteiger partial charge is 0.355 e. The van der Waals surface area contributed by atoms with Gasteiger partial charge >= 0.3 is 0 Å². The Morgan fingerprint density at radius 1 is 0.913 bits per heavy atom. The van der Waals surface area contributed by atoms with Crippen LogP contribution in [0, 0.1) is 0 Å². The van der Waals surface area contributed by atoms with Gasteiger partial charge in [-0.25, -0.2) is 0 Å². The maximum Gasteiger partial charge on any atom is 0.257 e. The summed E-state index contributed by atoms with van der Waals surface area (Å²) in [6.07, 6.45) is 1.66. The van der Waals surface area contributed by atoms with Gasteiger partial charge < -0.3 is 10.6 Å². The van der Waals surface area contributed by atoms with Crippen LogP contribution in [0.3, 0.4) is 0 Å². The number of rotatable bonds is 3. The standard InChI is InChI=1S/C18H15N3O2/c1-19-17(22)13-7-9-14(10-8-13)21-18(23)15-6-2-4-12-5-3-11-20-16(12)15/h2-11H,1H3,(H,19,22)(H,21,23). The summed E-state index contributed by atoms with van der Waals surface area (Å²) < 4.78 is 0. The van der Waals surface area contributed by atoms with Crippen LogP contribution in [0.2, 0.25) is 0 Å². The lowest BCUT2D eigenvalue weighted by atomic mass is 10.1. The molecule has 2 amide bonds. The van der Waals surface area contributed by atoms with Gasteiger partial charge in [-0.2, -0.15) is 0 Å². The zero-order chi connectivity index (χ0) is 16.2. The Balaban J connectivity index is 1.85. The predicted molar refractivity (Wildman–Crippen MR) is 89.5 cm³/mol. The second kappa shape index (κ2) is 6.27. The van der Waals surface area contributed by atoms with Crippen molar-refractivity contribution in [3.63, 3.8) is 0 Å². The first kappa shape index (κ1) is 14.7. The first-order valence-corrected chi connectivity index (χ1v) is 7.16. The highest BCUT2D eigenvalue weighted by molar-refractivity contribution is 6.11. The van der Waals surface area contributed by atoms with Gasteiger partial charge in [-0.1, -0.05) is 18.2 Å². The predicted octanol–water partition coefficient (Wildman–Crippen LogP) is 2.85. The Kier molecular flexibility index (Phi) is 4.01. The molecule has 0 unspecified atom stereocenters. The fourth-order valence-corrected chi connectivity index (χ4v) is 2.34.